The van der Waals surface area contributed by atoms with Gasteiger partial charge in [0.15, 0.2) is 5.60 Å². The van der Waals surface area contributed by atoms with Crippen LogP contribution in [0.3, 0.4) is 0 Å². The maximum absolute atomic E-state index is 13.9. The van der Waals surface area contributed by atoms with E-state index in [1.807, 2.05) is 36.4 Å². The molecule has 2 fully saturated rings. The van der Waals surface area contributed by atoms with E-state index in [9.17, 15) is 24.6 Å². The van der Waals surface area contributed by atoms with Gasteiger partial charge < -0.3 is 24.9 Å². The number of fused-ring (bicyclic) bond motifs is 1. The number of carbonyl (C=O) groups excluding carboxylic acids is 3. The predicted molar refractivity (Wildman–Crippen MR) is 157 cm³/mol. The van der Waals surface area contributed by atoms with Crippen molar-refractivity contribution < 1.29 is 24.6 Å². The summed E-state index contributed by atoms with van der Waals surface area (Å²) in [5, 5.41) is 21.5. The summed E-state index contributed by atoms with van der Waals surface area (Å²) in [6.07, 6.45) is 7.68. The van der Waals surface area contributed by atoms with Crippen LogP contribution in [0.5, 0.6) is 0 Å². The Balaban J connectivity index is 1.36. The molecule has 40 heavy (non-hydrogen) atoms. The molecule has 3 aliphatic heterocycles. The quantitative estimate of drug-likeness (QED) is 0.435. The summed E-state index contributed by atoms with van der Waals surface area (Å²) in [5.41, 5.74) is 1.02. The Labute approximate surface area is 243 Å². The van der Waals surface area contributed by atoms with Crippen molar-refractivity contribution in [2.24, 2.45) is 5.92 Å². The molecular formula is C31H36BrN3O5. The van der Waals surface area contributed by atoms with Gasteiger partial charge in [-0.05, 0) is 61.6 Å². The summed E-state index contributed by atoms with van der Waals surface area (Å²) in [6.45, 7) is 3.31. The Morgan fingerprint density at radius 1 is 1.15 bits per heavy atom. The molecule has 9 heteroatoms. The summed E-state index contributed by atoms with van der Waals surface area (Å²) in [6, 6.07) is 13.0. The van der Waals surface area contributed by atoms with Gasteiger partial charge in [0.2, 0.25) is 11.8 Å². The SMILES string of the molecule is C[C@H](/C=C/CC(=O)N1CCC[C@H]1CO)[C@@]1(O)C(=O)N(Cc2cccc(N3CCCCC3=O)c2)c2ccc(Br)cc21. The van der Waals surface area contributed by atoms with Crippen LogP contribution >= 0.6 is 15.9 Å². The molecule has 0 aliphatic carbocycles. The number of nitrogens with zero attached hydrogens (tertiary/aromatic N) is 3. The van der Waals surface area contributed by atoms with E-state index in [0.717, 1.165) is 41.4 Å². The van der Waals surface area contributed by atoms with Crippen LogP contribution in [0.15, 0.2) is 59.1 Å². The van der Waals surface area contributed by atoms with Crippen LogP contribution in [0, 0.1) is 5.92 Å². The van der Waals surface area contributed by atoms with E-state index in [1.165, 1.54) is 0 Å². The second-order valence-electron chi connectivity index (χ2n) is 11.0. The Kier molecular flexibility index (Phi) is 8.44. The number of halogens is 1. The second-order valence-corrected chi connectivity index (χ2v) is 11.9. The van der Waals surface area contributed by atoms with E-state index in [-0.39, 0.29) is 37.4 Å². The maximum atomic E-state index is 13.9. The molecule has 0 unspecified atom stereocenters. The third-order valence-corrected chi connectivity index (χ3v) is 8.90. The lowest BCUT2D eigenvalue weighted by molar-refractivity contribution is -0.139. The zero-order valence-corrected chi connectivity index (χ0v) is 24.3. The molecule has 0 saturated carbocycles. The van der Waals surface area contributed by atoms with Crippen molar-refractivity contribution in [3.8, 4) is 0 Å². The van der Waals surface area contributed by atoms with Crippen LogP contribution in [0.4, 0.5) is 11.4 Å². The summed E-state index contributed by atoms with van der Waals surface area (Å²) < 4.78 is 0.750. The number of piperidine rings is 1. The molecule has 2 aromatic carbocycles. The standard InChI is InChI=1S/C31H36BrN3O5/c1-21(7-4-12-29(38)34-16-6-10-25(34)20-36)31(40)26-18-23(32)13-14-27(26)35(30(31)39)19-22-8-5-9-24(17-22)33-15-3-2-11-28(33)37/h4-5,7-9,13-14,17-18,21,25,36,40H,2-3,6,10-12,15-16,19-20H2,1H3/b7-4+/t21-,25+,31+/m1/s1. The first-order chi connectivity index (χ1) is 19.2. The average Bonchev–Trinajstić information content (AvgIpc) is 3.51. The van der Waals surface area contributed by atoms with Crippen molar-refractivity contribution in [1.82, 2.24) is 4.90 Å². The number of rotatable bonds is 8. The number of aliphatic hydroxyl groups excluding tert-OH is 1. The number of benzene rings is 2. The lowest BCUT2D eigenvalue weighted by Gasteiger charge is -2.29. The van der Waals surface area contributed by atoms with E-state index in [1.54, 1.807) is 39.8 Å². The molecule has 2 aromatic rings. The van der Waals surface area contributed by atoms with Crippen molar-refractivity contribution in [3.05, 3.63) is 70.2 Å². The molecule has 0 radical (unpaired) electrons. The van der Waals surface area contributed by atoms with Gasteiger partial charge in [0.25, 0.3) is 5.91 Å². The number of hydrogen-bond acceptors (Lipinski definition) is 5. The third-order valence-electron chi connectivity index (χ3n) is 8.40. The number of carbonyl (C=O) groups is 3. The maximum Gasteiger partial charge on any atom is 0.264 e. The van der Waals surface area contributed by atoms with Crippen molar-refractivity contribution in [3.63, 3.8) is 0 Å². The average molecular weight is 611 g/mol. The number of likely N-dealkylation sites (tertiary alicyclic amines) is 1. The van der Waals surface area contributed by atoms with Crippen LogP contribution in [0.1, 0.15) is 56.6 Å². The third kappa shape index (κ3) is 5.34. The molecule has 2 N–H and O–H groups in total. The molecule has 0 bridgehead atoms. The van der Waals surface area contributed by atoms with Crippen LogP contribution in [0.25, 0.3) is 0 Å². The van der Waals surface area contributed by atoms with Crippen molar-refractivity contribution in [1.29, 1.82) is 0 Å². The Morgan fingerprint density at radius 2 is 1.98 bits per heavy atom. The molecule has 3 amide bonds. The zero-order valence-electron chi connectivity index (χ0n) is 22.8. The first-order valence-corrected chi connectivity index (χ1v) is 14.8. The lowest BCUT2D eigenvalue weighted by Crippen LogP contribution is -2.44. The largest absolute Gasteiger partial charge is 0.394 e. The number of hydrogen-bond donors (Lipinski definition) is 2. The highest BCUT2D eigenvalue weighted by atomic mass is 79.9. The number of aliphatic hydroxyl groups is 2. The van der Waals surface area contributed by atoms with E-state index >= 15 is 0 Å². The van der Waals surface area contributed by atoms with Crippen LogP contribution in [-0.2, 0) is 26.5 Å². The Morgan fingerprint density at radius 3 is 2.75 bits per heavy atom. The molecule has 5 rings (SSSR count). The molecule has 212 valence electrons. The topological polar surface area (TPSA) is 101 Å². The van der Waals surface area contributed by atoms with Gasteiger partial charge in [-0.3, -0.25) is 14.4 Å². The van der Waals surface area contributed by atoms with Gasteiger partial charge >= 0.3 is 0 Å². The second kappa shape index (κ2) is 11.8. The fourth-order valence-electron chi connectivity index (χ4n) is 6.14. The molecule has 0 aromatic heterocycles. The van der Waals surface area contributed by atoms with Gasteiger partial charge in [0, 0.05) is 47.6 Å². The number of anilines is 2. The Hall–Kier alpha value is -3.01. The molecule has 0 spiro atoms. The van der Waals surface area contributed by atoms with Crippen LogP contribution in [0.2, 0.25) is 0 Å². The molecule has 3 aliphatic rings. The molecule has 3 heterocycles. The fourth-order valence-corrected chi connectivity index (χ4v) is 6.50. The van der Waals surface area contributed by atoms with Gasteiger partial charge in [-0.15, -0.1) is 0 Å². The lowest BCUT2D eigenvalue weighted by atomic mass is 9.83. The summed E-state index contributed by atoms with van der Waals surface area (Å²) in [4.78, 5) is 44.2. The normalized spacial score (nSPS) is 23.8. The van der Waals surface area contributed by atoms with Crippen molar-refractivity contribution >= 4 is 45.0 Å². The van der Waals surface area contributed by atoms with Gasteiger partial charge in [-0.2, -0.15) is 0 Å². The van der Waals surface area contributed by atoms with Gasteiger partial charge in [0.05, 0.1) is 24.9 Å². The first kappa shape index (κ1) is 28.5. The predicted octanol–water partition coefficient (Wildman–Crippen LogP) is 4.27. The molecule has 3 atom stereocenters. The van der Waals surface area contributed by atoms with Crippen LogP contribution < -0.4 is 9.80 Å². The van der Waals surface area contributed by atoms with E-state index in [4.69, 9.17) is 0 Å². The first-order valence-electron chi connectivity index (χ1n) is 14.0. The minimum atomic E-state index is -1.81. The summed E-state index contributed by atoms with van der Waals surface area (Å²) >= 11 is 3.49. The minimum absolute atomic E-state index is 0.0428. The fraction of sp³-hybridized carbons (Fsp3) is 0.452. The van der Waals surface area contributed by atoms with Gasteiger partial charge in [-0.25, -0.2) is 0 Å². The zero-order chi connectivity index (χ0) is 28.4. The highest BCUT2D eigenvalue weighted by Gasteiger charge is 2.52. The van der Waals surface area contributed by atoms with Crippen LogP contribution in [-0.4, -0.2) is 58.6 Å². The Bertz CT molecular complexity index is 1330. The number of amides is 3. The van der Waals surface area contributed by atoms with E-state index < -0.39 is 17.4 Å². The van der Waals surface area contributed by atoms with Gasteiger partial charge in [-0.1, -0.05) is 47.1 Å². The van der Waals surface area contributed by atoms with Crippen molar-refractivity contribution in [2.75, 3.05) is 29.5 Å². The monoisotopic (exact) mass is 609 g/mol. The van der Waals surface area contributed by atoms with Crippen molar-refractivity contribution in [2.45, 2.75) is 63.6 Å². The van der Waals surface area contributed by atoms with E-state index in [0.29, 0.717) is 30.8 Å². The smallest absolute Gasteiger partial charge is 0.264 e. The van der Waals surface area contributed by atoms with E-state index in [2.05, 4.69) is 15.9 Å². The highest BCUT2D eigenvalue weighted by Crippen LogP contribution is 2.47. The summed E-state index contributed by atoms with van der Waals surface area (Å²) in [7, 11) is 0. The molecular weight excluding hydrogens is 574 g/mol. The summed E-state index contributed by atoms with van der Waals surface area (Å²) in [5.74, 6) is -0.985. The highest BCUT2D eigenvalue weighted by molar-refractivity contribution is 9.10. The minimum Gasteiger partial charge on any atom is -0.394 e. The molecule has 8 nitrogen and oxygen atoms in total. The molecule has 2 saturated heterocycles. The van der Waals surface area contributed by atoms with Gasteiger partial charge in [0.1, 0.15) is 0 Å².